The van der Waals surface area contributed by atoms with E-state index < -0.39 is 5.97 Å². The Morgan fingerprint density at radius 1 is 1.03 bits per heavy atom. The third-order valence-electron chi connectivity index (χ3n) is 7.06. The molecular formula is C24H33N3O4. The van der Waals surface area contributed by atoms with Crippen molar-refractivity contribution < 1.29 is 19.1 Å². The normalized spacial score (nSPS) is 28.1. The van der Waals surface area contributed by atoms with E-state index in [0.29, 0.717) is 5.69 Å². The quantitative estimate of drug-likeness (QED) is 0.581. The third-order valence-corrected chi connectivity index (χ3v) is 7.06. The summed E-state index contributed by atoms with van der Waals surface area (Å²) in [6, 6.07) is 5.57. The fraction of sp³-hybridized carbons (Fsp3) is 0.625. The van der Waals surface area contributed by atoms with Gasteiger partial charge in [-0.15, -0.1) is 0 Å². The highest BCUT2D eigenvalue weighted by atomic mass is 16.5. The first-order valence-electron chi connectivity index (χ1n) is 11.4. The predicted octanol–water partition coefficient (Wildman–Crippen LogP) is 3.44. The largest absolute Gasteiger partial charge is 0.456 e. The molecule has 0 atom stereocenters. The maximum Gasteiger partial charge on any atom is 0.315 e. The molecule has 0 spiro atoms. The molecule has 168 valence electrons. The van der Waals surface area contributed by atoms with Crippen LogP contribution < -0.4 is 16.0 Å². The van der Waals surface area contributed by atoms with E-state index in [-0.39, 0.29) is 37.0 Å². The highest BCUT2D eigenvalue weighted by Gasteiger charge is 2.51. The van der Waals surface area contributed by atoms with E-state index in [2.05, 4.69) is 16.0 Å². The summed E-state index contributed by atoms with van der Waals surface area (Å²) in [5, 5.41) is 8.75. The highest BCUT2D eigenvalue weighted by Crippen LogP contribution is 2.55. The molecule has 7 nitrogen and oxygen atoms in total. The molecule has 7 heteroatoms. The van der Waals surface area contributed by atoms with E-state index in [0.717, 1.165) is 48.1 Å². The number of rotatable bonds is 7. The monoisotopic (exact) mass is 427 g/mol. The molecular weight excluding hydrogens is 394 g/mol. The Balaban J connectivity index is 1.14. The van der Waals surface area contributed by atoms with E-state index in [4.69, 9.17) is 4.74 Å². The van der Waals surface area contributed by atoms with Gasteiger partial charge in [-0.1, -0.05) is 12.1 Å². The van der Waals surface area contributed by atoms with Crippen LogP contribution in [0.2, 0.25) is 0 Å². The van der Waals surface area contributed by atoms with Gasteiger partial charge in [-0.3, -0.25) is 9.59 Å². The molecule has 4 saturated carbocycles. The Bertz CT molecular complexity index is 831. The number of hydrogen-bond donors (Lipinski definition) is 3. The Morgan fingerprint density at radius 2 is 1.68 bits per heavy atom. The lowest BCUT2D eigenvalue weighted by atomic mass is 9.53. The van der Waals surface area contributed by atoms with Crippen molar-refractivity contribution >= 4 is 23.6 Å². The third kappa shape index (κ3) is 5.38. The number of carbonyl (C=O) groups is 3. The van der Waals surface area contributed by atoms with Crippen molar-refractivity contribution in [1.82, 2.24) is 10.6 Å². The lowest BCUT2D eigenvalue weighted by Gasteiger charge is -2.56. The summed E-state index contributed by atoms with van der Waals surface area (Å²) in [4.78, 5) is 36.4. The number of anilines is 1. The zero-order chi connectivity index (χ0) is 22.0. The number of carbonyl (C=O) groups excluding carboxylic acids is 3. The van der Waals surface area contributed by atoms with Crippen molar-refractivity contribution in [2.24, 2.45) is 17.8 Å². The van der Waals surface area contributed by atoms with E-state index in [9.17, 15) is 14.4 Å². The SMILES string of the molecule is Cc1ccc(C)c(NC(=O)COC(=O)CCNC(=O)NC23CC4CC(CC(C4)C2)C3)c1. The maximum absolute atomic E-state index is 12.4. The molecule has 0 unspecified atom stereocenters. The minimum atomic E-state index is -0.508. The average molecular weight is 428 g/mol. The number of esters is 1. The summed E-state index contributed by atoms with van der Waals surface area (Å²) >= 11 is 0. The van der Waals surface area contributed by atoms with Crippen LogP contribution in [0.15, 0.2) is 18.2 Å². The van der Waals surface area contributed by atoms with Gasteiger partial charge in [-0.05, 0) is 87.3 Å². The second kappa shape index (κ2) is 8.89. The van der Waals surface area contributed by atoms with Crippen LogP contribution in [0.3, 0.4) is 0 Å². The second-order valence-electron chi connectivity index (χ2n) is 9.86. The standard InChI is InChI=1S/C24H33N3O4/c1-15-3-4-16(2)20(7-15)26-21(28)14-31-22(29)5-6-25-23(30)27-24-11-17-8-18(12-24)10-19(9-17)13-24/h3-4,7,17-19H,5-6,8-14H2,1-2H3,(H,26,28)(H2,25,27,30). The van der Waals surface area contributed by atoms with Gasteiger partial charge < -0.3 is 20.7 Å². The lowest BCUT2D eigenvalue weighted by molar-refractivity contribution is -0.147. The summed E-state index contributed by atoms with van der Waals surface area (Å²) in [5.74, 6) is 1.39. The molecule has 0 radical (unpaired) electrons. The molecule has 3 amide bonds. The molecule has 0 saturated heterocycles. The first-order valence-corrected chi connectivity index (χ1v) is 11.4. The molecule has 5 rings (SSSR count). The van der Waals surface area contributed by atoms with Gasteiger partial charge >= 0.3 is 12.0 Å². The molecule has 4 fully saturated rings. The van der Waals surface area contributed by atoms with Crippen LogP contribution in [0.5, 0.6) is 0 Å². The smallest absolute Gasteiger partial charge is 0.315 e. The molecule has 0 aliphatic heterocycles. The molecule has 31 heavy (non-hydrogen) atoms. The minimum Gasteiger partial charge on any atom is -0.456 e. The number of urea groups is 1. The first kappa shape index (κ1) is 21.7. The molecule has 4 aliphatic rings. The van der Waals surface area contributed by atoms with Crippen molar-refractivity contribution in [2.45, 2.75) is 64.3 Å². The van der Waals surface area contributed by atoms with E-state index >= 15 is 0 Å². The average Bonchev–Trinajstić information content (AvgIpc) is 2.68. The highest BCUT2D eigenvalue weighted by molar-refractivity contribution is 5.93. The van der Waals surface area contributed by atoms with Gasteiger partial charge in [0.05, 0.1) is 6.42 Å². The van der Waals surface area contributed by atoms with Gasteiger partial charge in [0.25, 0.3) is 5.91 Å². The Labute approximate surface area is 183 Å². The van der Waals surface area contributed by atoms with Crippen LogP contribution in [-0.4, -0.2) is 36.6 Å². The maximum atomic E-state index is 12.4. The molecule has 4 bridgehead atoms. The van der Waals surface area contributed by atoms with E-state index in [1.807, 2.05) is 32.0 Å². The fourth-order valence-electron chi connectivity index (χ4n) is 6.10. The molecule has 3 N–H and O–H groups in total. The van der Waals surface area contributed by atoms with E-state index in [1.54, 1.807) is 0 Å². The number of aryl methyl sites for hydroxylation is 2. The summed E-state index contributed by atoms with van der Waals surface area (Å²) in [6.07, 6.45) is 7.27. The minimum absolute atomic E-state index is 0.0328. The topological polar surface area (TPSA) is 96.5 Å². The van der Waals surface area contributed by atoms with Gasteiger partial charge in [0.15, 0.2) is 6.61 Å². The zero-order valence-electron chi connectivity index (χ0n) is 18.5. The van der Waals surface area contributed by atoms with Gasteiger partial charge in [0, 0.05) is 17.8 Å². The van der Waals surface area contributed by atoms with Crippen LogP contribution >= 0.6 is 0 Å². The number of amides is 3. The van der Waals surface area contributed by atoms with Crippen LogP contribution in [0.4, 0.5) is 10.5 Å². The van der Waals surface area contributed by atoms with Crippen LogP contribution in [0.1, 0.15) is 56.1 Å². The summed E-state index contributed by atoms with van der Waals surface area (Å²) in [5.41, 5.74) is 2.64. The molecule has 0 heterocycles. The zero-order valence-corrected chi connectivity index (χ0v) is 18.5. The van der Waals surface area contributed by atoms with Crippen LogP contribution in [0, 0.1) is 31.6 Å². The van der Waals surface area contributed by atoms with E-state index in [1.165, 1.54) is 19.3 Å². The van der Waals surface area contributed by atoms with Crippen LogP contribution in [0.25, 0.3) is 0 Å². The van der Waals surface area contributed by atoms with Gasteiger partial charge in [0.2, 0.25) is 0 Å². The van der Waals surface area contributed by atoms with Crippen molar-refractivity contribution in [1.29, 1.82) is 0 Å². The van der Waals surface area contributed by atoms with Crippen molar-refractivity contribution in [2.75, 3.05) is 18.5 Å². The first-order chi connectivity index (χ1) is 14.8. The molecule has 1 aromatic carbocycles. The van der Waals surface area contributed by atoms with Gasteiger partial charge in [-0.2, -0.15) is 0 Å². The molecule has 4 aliphatic carbocycles. The second-order valence-corrected chi connectivity index (χ2v) is 9.86. The predicted molar refractivity (Wildman–Crippen MR) is 118 cm³/mol. The van der Waals surface area contributed by atoms with Crippen molar-refractivity contribution in [3.63, 3.8) is 0 Å². The summed E-state index contributed by atoms with van der Waals surface area (Å²) < 4.78 is 5.04. The molecule has 0 aromatic heterocycles. The Kier molecular flexibility index (Phi) is 6.21. The van der Waals surface area contributed by atoms with Crippen LogP contribution in [-0.2, 0) is 14.3 Å². The van der Waals surface area contributed by atoms with Gasteiger partial charge in [0.1, 0.15) is 0 Å². The summed E-state index contributed by atoms with van der Waals surface area (Å²) in [6.45, 7) is 3.70. The van der Waals surface area contributed by atoms with Crippen molar-refractivity contribution in [3.8, 4) is 0 Å². The van der Waals surface area contributed by atoms with Gasteiger partial charge in [-0.25, -0.2) is 4.79 Å². The fourth-order valence-corrected chi connectivity index (χ4v) is 6.10. The number of hydrogen-bond acceptors (Lipinski definition) is 4. The number of nitrogens with one attached hydrogen (secondary N) is 3. The Hall–Kier alpha value is -2.57. The molecule has 1 aromatic rings. The Morgan fingerprint density at radius 3 is 2.32 bits per heavy atom. The number of benzene rings is 1. The summed E-state index contributed by atoms with van der Waals surface area (Å²) in [7, 11) is 0. The number of ether oxygens (including phenoxy) is 1. The lowest BCUT2D eigenvalue weighted by Crippen LogP contribution is -2.61. The van der Waals surface area contributed by atoms with Crippen molar-refractivity contribution in [3.05, 3.63) is 29.3 Å².